The number of urea groups is 2. The molecule has 150 valence electrons. The van der Waals surface area contributed by atoms with Crippen molar-refractivity contribution in [3.8, 4) is 0 Å². The Morgan fingerprint density at radius 3 is 1.32 bits per heavy atom. The second-order valence-corrected chi connectivity index (χ2v) is 8.02. The summed E-state index contributed by atoms with van der Waals surface area (Å²) in [7, 11) is 0. The molecule has 0 radical (unpaired) electrons. The Kier molecular flexibility index (Phi) is 9.85. The van der Waals surface area contributed by atoms with Crippen LogP contribution in [0, 0.1) is 0 Å². The van der Waals surface area contributed by atoms with Crippen LogP contribution in [0.4, 0.5) is 21.0 Å². The van der Waals surface area contributed by atoms with Crippen LogP contribution in [0.1, 0.15) is 25.7 Å². The van der Waals surface area contributed by atoms with Crippen LogP contribution >= 0.6 is 31.9 Å². The summed E-state index contributed by atoms with van der Waals surface area (Å²) in [5, 5.41) is 11.3. The molecule has 0 saturated carbocycles. The van der Waals surface area contributed by atoms with Gasteiger partial charge in [0, 0.05) is 33.4 Å². The number of carbonyl (C=O) groups excluding carboxylic acids is 2. The summed E-state index contributed by atoms with van der Waals surface area (Å²) < 4.78 is 1.94. The molecule has 0 aliphatic heterocycles. The lowest BCUT2D eigenvalue weighted by Gasteiger charge is -2.09. The quantitative estimate of drug-likeness (QED) is 0.325. The lowest BCUT2D eigenvalue weighted by molar-refractivity contribution is 0.250. The molecule has 0 fully saturated rings. The molecule has 28 heavy (non-hydrogen) atoms. The van der Waals surface area contributed by atoms with Crippen molar-refractivity contribution < 1.29 is 9.59 Å². The third-order valence-corrected chi connectivity index (χ3v) is 4.94. The Morgan fingerprint density at radius 2 is 0.964 bits per heavy atom. The highest BCUT2D eigenvalue weighted by molar-refractivity contribution is 9.10. The van der Waals surface area contributed by atoms with Gasteiger partial charge >= 0.3 is 12.1 Å². The molecule has 4 amide bonds. The molecule has 2 aromatic rings. The van der Waals surface area contributed by atoms with E-state index in [0.717, 1.165) is 46.0 Å². The van der Waals surface area contributed by atoms with Crippen molar-refractivity contribution in [1.29, 1.82) is 0 Å². The van der Waals surface area contributed by atoms with Gasteiger partial charge in [-0.3, -0.25) is 0 Å². The van der Waals surface area contributed by atoms with Crippen LogP contribution in [-0.2, 0) is 0 Å². The van der Waals surface area contributed by atoms with Crippen molar-refractivity contribution in [3.05, 3.63) is 57.5 Å². The SMILES string of the molecule is O=C(NCCCCCCNC(=O)Nc1ccc(Br)cc1)Nc1ccc(Br)cc1. The average Bonchev–Trinajstić information content (AvgIpc) is 2.67. The zero-order valence-electron chi connectivity index (χ0n) is 15.4. The first-order chi connectivity index (χ1) is 13.5. The van der Waals surface area contributed by atoms with E-state index in [1.807, 2.05) is 48.5 Å². The van der Waals surface area contributed by atoms with Gasteiger partial charge in [-0.2, -0.15) is 0 Å². The van der Waals surface area contributed by atoms with Gasteiger partial charge in [-0.15, -0.1) is 0 Å². The smallest absolute Gasteiger partial charge is 0.319 e. The highest BCUT2D eigenvalue weighted by Gasteiger charge is 2.02. The minimum Gasteiger partial charge on any atom is -0.338 e. The van der Waals surface area contributed by atoms with Crippen LogP contribution in [0.15, 0.2) is 57.5 Å². The third-order valence-electron chi connectivity index (χ3n) is 3.88. The topological polar surface area (TPSA) is 82.3 Å². The maximum absolute atomic E-state index is 11.8. The number of amides is 4. The predicted octanol–water partition coefficient (Wildman–Crippen LogP) is 5.72. The van der Waals surface area contributed by atoms with E-state index >= 15 is 0 Å². The summed E-state index contributed by atoms with van der Waals surface area (Å²) in [5.41, 5.74) is 1.52. The van der Waals surface area contributed by atoms with Crippen molar-refractivity contribution in [3.63, 3.8) is 0 Å². The van der Waals surface area contributed by atoms with Gasteiger partial charge in [0.25, 0.3) is 0 Å². The Morgan fingerprint density at radius 1 is 0.607 bits per heavy atom. The number of carbonyl (C=O) groups is 2. The summed E-state index contributed by atoms with van der Waals surface area (Å²) >= 11 is 6.71. The molecular formula is C20H24Br2N4O2. The minimum absolute atomic E-state index is 0.200. The third kappa shape index (κ3) is 9.23. The van der Waals surface area contributed by atoms with Gasteiger partial charge in [-0.1, -0.05) is 44.7 Å². The van der Waals surface area contributed by atoms with Crippen molar-refractivity contribution >= 4 is 55.3 Å². The maximum atomic E-state index is 11.8. The number of benzene rings is 2. The summed E-state index contributed by atoms with van der Waals surface area (Å²) in [6, 6.07) is 14.5. The zero-order chi connectivity index (χ0) is 20.2. The van der Waals surface area contributed by atoms with Crippen LogP contribution in [0.2, 0.25) is 0 Å². The lowest BCUT2D eigenvalue weighted by atomic mass is 10.2. The molecule has 6 nitrogen and oxygen atoms in total. The Balaban J connectivity index is 1.45. The Labute approximate surface area is 182 Å². The normalized spacial score (nSPS) is 10.2. The number of nitrogens with one attached hydrogen (secondary N) is 4. The number of anilines is 2. The van der Waals surface area contributed by atoms with E-state index in [1.165, 1.54) is 0 Å². The van der Waals surface area contributed by atoms with Gasteiger partial charge in [0.2, 0.25) is 0 Å². The molecule has 2 aromatic carbocycles. The minimum atomic E-state index is -0.200. The van der Waals surface area contributed by atoms with Gasteiger partial charge in [-0.05, 0) is 61.4 Å². The predicted molar refractivity (Wildman–Crippen MR) is 121 cm³/mol. The van der Waals surface area contributed by atoms with E-state index in [1.54, 1.807) is 0 Å². The Hall–Kier alpha value is -2.06. The molecule has 8 heteroatoms. The van der Waals surface area contributed by atoms with E-state index in [-0.39, 0.29) is 12.1 Å². The van der Waals surface area contributed by atoms with Gasteiger partial charge in [-0.25, -0.2) is 9.59 Å². The van der Waals surface area contributed by atoms with Gasteiger partial charge < -0.3 is 21.3 Å². The van der Waals surface area contributed by atoms with E-state index in [9.17, 15) is 9.59 Å². The van der Waals surface area contributed by atoms with Crippen LogP contribution in [0.25, 0.3) is 0 Å². The molecule has 0 bridgehead atoms. The first-order valence-corrected chi connectivity index (χ1v) is 10.7. The molecule has 0 aromatic heterocycles. The number of rotatable bonds is 9. The van der Waals surface area contributed by atoms with Gasteiger partial charge in [0.05, 0.1) is 0 Å². The summed E-state index contributed by atoms with van der Waals surface area (Å²) in [6.45, 7) is 1.25. The van der Waals surface area contributed by atoms with Crippen LogP contribution in [0.3, 0.4) is 0 Å². The first kappa shape index (κ1) is 22.2. The fourth-order valence-electron chi connectivity index (χ4n) is 2.42. The molecule has 0 atom stereocenters. The highest BCUT2D eigenvalue weighted by atomic mass is 79.9. The van der Waals surface area contributed by atoms with Gasteiger partial charge in [0.15, 0.2) is 0 Å². The lowest BCUT2D eigenvalue weighted by Crippen LogP contribution is -2.30. The molecule has 4 N–H and O–H groups in total. The Bertz CT molecular complexity index is 686. The van der Waals surface area contributed by atoms with Crippen molar-refractivity contribution in [2.45, 2.75) is 25.7 Å². The largest absolute Gasteiger partial charge is 0.338 e. The molecule has 0 saturated heterocycles. The summed E-state index contributed by atoms with van der Waals surface area (Å²) in [4.78, 5) is 23.6. The summed E-state index contributed by atoms with van der Waals surface area (Å²) in [6.07, 6.45) is 3.79. The molecule has 0 spiro atoms. The second-order valence-electron chi connectivity index (χ2n) is 6.19. The van der Waals surface area contributed by atoms with E-state index in [2.05, 4.69) is 53.1 Å². The number of unbranched alkanes of at least 4 members (excludes halogenated alkanes) is 3. The van der Waals surface area contributed by atoms with Gasteiger partial charge in [0.1, 0.15) is 0 Å². The van der Waals surface area contributed by atoms with E-state index in [0.29, 0.717) is 13.1 Å². The highest BCUT2D eigenvalue weighted by Crippen LogP contribution is 2.14. The fraction of sp³-hybridized carbons (Fsp3) is 0.300. The molecule has 0 aliphatic rings. The van der Waals surface area contributed by atoms with E-state index in [4.69, 9.17) is 0 Å². The average molecular weight is 512 g/mol. The summed E-state index contributed by atoms with van der Waals surface area (Å²) in [5.74, 6) is 0. The standard InChI is InChI=1S/C20H24Br2N4O2/c21-15-5-9-17(10-6-15)25-19(27)23-13-3-1-2-4-14-24-20(28)26-18-11-7-16(22)8-12-18/h5-12H,1-4,13-14H2,(H2,23,25,27)(H2,24,26,28). The fourth-order valence-corrected chi connectivity index (χ4v) is 2.95. The molecule has 0 heterocycles. The second kappa shape index (κ2) is 12.4. The van der Waals surface area contributed by atoms with Crippen molar-refractivity contribution in [2.75, 3.05) is 23.7 Å². The van der Waals surface area contributed by atoms with Crippen molar-refractivity contribution in [1.82, 2.24) is 10.6 Å². The first-order valence-electron chi connectivity index (χ1n) is 9.14. The number of hydrogen-bond acceptors (Lipinski definition) is 2. The number of halogens is 2. The van der Waals surface area contributed by atoms with E-state index < -0.39 is 0 Å². The molecular weight excluding hydrogens is 488 g/mol. The van der Waals surface area contributed by atoms with Crippen molar-refractivity contribution in [2.24, 2.45) is 0 Å². The molecule has 0 unspecified atom stereocenters. The molecule has 2 rings (SSSR count). The zero-order valence-corrected chi connectivity index (χ0v) is 18.6. The molecule has 0 aliphatic carbocycles. The van der Waals surface area contributed by atoms with Crippen LogP contribution < -0.4 is 21.3 Å². The van der Waals surface area contributed by atoms with Crippen LogP contribution in [-0.4, -0.2) is 25.2 Å². The van der Waals surface area contributed by atoms with Crippen LogP contribution in [0.5, 0.6) is 0 Å². The number of hydrogen-bond donors (Lipinski definition) is 4. The maximum Gasteiger partial charge on any atom is 0.319 e. The monoisotopic (exact) mass is 510 g/mol.